The molecule has 1 aromatic carbocycles. The average molecular weight is 391 g/mol. The van der Waals surface area contributed by atoms with Gasteiger partial charge in [0.05, 0.1) is 5.52 Å². The summed E-state index contributed by atoms with van der Waals surface area (Å²) in [6.45, 7) is 2.52. The molecule has 0 radical (unpaired) electrons. The molecule has 0 unspecified atom stereocenters. The van der Waals surface area contributed by atoms with E-state index in [2.05, 4.69) is 10.00 Å². The van der Waals surface area contributed by atoms with Crippen molar-refractivity contribution in [2.45, 2.75) is 0 Å². The molecule has 2 amide bonds. The number of hydrogen-bond acceptors (Lipinski definition) is 5. The van der Waals surface area contributed by atoms with Crippen LogP contribution in [-0.2, 0) is 4.79 Å². The van der Waals surface area contributed by atoms with Gasteiger partial charge in [-0.3, -0.25) is 14.8 Å². The maximum atomic E-state index is 12.8. The van der Waals surface area contributed by atoms with Gasteiger partial charge in [0.25, 0.3) is 11.8 Å². The highest BCUT2D eigenvalue weighted by atomic mass is 16.5. The normalized spacial score (nSPS) is 14.5. The predicted molar refractivity (Wildman–Crippen MR) is 109 cm³/mol. The third kappa shape index (κ3) is 3.97. The van der Waals surface area contributed by atoms with Crippen LogP contribution in [0.3, 0.4) is 0 Å². The van der Waals surface area contributed by atoms with Crippen molar-refractivity contribution in [3.8, 4) is 0 Å². The van der Waals surface area contributed by atoms with E-state index in [9.17, 15) is 9.59 Å². The first-order valence-corrected chi connectivity index (χ1v) is 9.35. The van der Waals surface area contributed by atoms with Crippen LogP contribution in [0.5, 0.6) is 0 Å². The molecular formula is C21H21N5O3. The van der Waals surface area contributed by atoms with Gasteiger partial charge < -0.3 is 9.80 Å². The summed E-state index contributed by atoms with van der Waals surface area (Å²) in [5.41, 5.74) is 4.78. The lowest BCUT2D eigenvalue weighted by atomic mass is 10.1. The van der Waals surface area contributed by atoms with Crippen molar-refractivity contribution in [1.29, 1.82) is 0 Å². The molecule has 148 valence electrons. The molecule has 1 aliphatic heterocycles. The predicted octanol–water partition coefficient (Wildman–Crippen LogP) is 1.82. The highest BCUT2D eigenvalue weighted by Gasteiger charge is 2.24. The van der Waals surface area contributed by atoms with E-state index in [-0.39, 0.29) is 5.91 Å². The average Bonchev–Trinajstić information content (AvgIpc) is 3.21. The van der Waals surface area contributed by atoms with Crippen molar-refractivity contribution in [2.24, 2.45) is 0 Å². The first-order chi connectivity index (χ1) is 14.2. The van der Waals surface area contributed by atoms with Crippen molar-refractivity contribution >= 4 is 29.1 Å². The third-order valence-corrected chi connectivity index (χ3v) is 4.96. The molecule has 8 nitrogen and oxygen atoms in total. The van der Waals surface area contributed by atoms with Crippen LogP contribution in [0.2, 0.25) is 0 Å². The summed E-state index contributed by atoms with van der Waals surface area (Å²) in [5.74, 6) is -0.649. The Bertz CT molecular complexity index is 1030. The number of hydroxylamine groups is 1. The number of fused-ring (bicyclic) bond motifs is 1. The second-order valence-corrected chi connectivity index (χ2v) is 6.75. The molecule has 2 aromatic heterocycles. The fraction of sp³-hybridized carbons (Fsp3) is 0.190. The van der Waals surface area contributed by atoms with Crippen molar-refractivity contribution in [3.63, 3.8) is 0 Å². The number of pyridine rings is 1. The maximum Gasteiger partial charge on any atom is 0.274 e. The van der Waals surface area contributed by atoms with Gasteiger partial charge in [-0.15, -0.1) is 0 Å². The zero-order chi connectivity index (χ0) is 20.2. The number of anilines is 1. The van der Waals surface area contributed by atoms with Gasteiger partial charge >= 0.3 is 0 Å². The lowest BCUT2D eigenvalue weighted by molar-refractivity contribution is -0.124. The second kappa shape index (κ2) is 8.15. The van der Waals surface area contributed by atoms with E-state index >= 15 is 0 Å². The molecule has 3 aromatic rings. The Labute approximate surface area is 167 Å². The highest BCUT2D eigenvalue weighted by Crippen LogP contribution is 2.23. The van der Waals surface area contributed by atoms with Crippen LogP contribution in [0.25, 0.3) is 11.6 Å². The van der Waals surface area contributed by atoms with Crippen LogP contribution in [-0.4, -0.2) is 57.7 Å². The molecule has 29 heavy (non-hydrogen) atoms. The van der Waals surface area contributed by atoms with Crippen LogP contribution in [0.15, 0.2) is 60.8 Å². The first kappa shape index (κ1) is 18.7. The number of nitrogens with one attached hydrogen (secondary N) is 1. The van der Waals surface area contributed by atoms with Crippen LogP contribution in [0.1, 0.15) is 16.1 Å². The van der Waals surface area contributed by atoms with E-state index in [4.69, 9.17) is 5.21 Å². The highest BCUT2D eigenvalue weighted by molar-refractivity contribution is 5.94. The Kier molecular flexibility index (Phi) is 5.26. The zero-order valence-corrected chi connectivity index (χ0v) is 15.7. The van der Waals surface area contributed by atoms with Gasteiger partial charge in [-0.1, -0.05) is 24.3 Å². The van der Waals surface area contributed by atoms with Gasteiger partial charge in [0.15, 0.2) is 5.69 Å². The molecule has 0 bridgehead atoms. The molecule has 8 heteroatoms. The molecule has 1 aliphatic rings. The summed E-state index contributed by atoms with van der Waals surface area (Å²) in [5, 5.41) is 13.0. The van der Waals surface area contributed by atoms with Gasteiger partial charge in [-0.2, -0.15) is 5.10 Å². The maximum absolute atomic E-state index is 12.8. The van der Waals surface area contributed by atoms with Crippen LogP contribution in [0, 0.1) is 0 Å². The molecule has 0 aliphatic carbocycles. The standard InChI is InChI=1S/C21H21N5O3/c27-20(23-29)9-8-16-5-1-2-7-19(16)24-11-13-25(14-12-24)21(28)18-15-17-6-3-4-10-26(17)22-18/h1-10,15,29H,11-14H2,(H,23,27)/b9-8+. The van der Waals surface area contributed by atoms with Crippen molar-refractivity contribution in [2.75, 3.05) is 31.1 Å². The number of rotatable bonds is 4. The molecule has 3 heterocycles. The van der Waals surface area contributed by atoms with E-state index in [1.165, 1.54) is 6.08 Å². The number of para-hydroxylation sites is 1. The number of nitrogens with zero attached hydrogens (tertiary/aromatic N) is 4. The van der Waals surface area contributed by atoms with Crippen molar-refractivity contribution in [1.82, 2.24) is 20.0 Å². The number of carbonyl (C=O) groups excluding carboxylic acids is 2. The molecule has 1 saturated heterocycles. The van der Waals surface area contributed by atoms with Gasteiger partial charge in [0, 0.05) is 44.1 Å². The minimum absolute atomic E-state index is 0.0684. The second-order valence-electron chi connectivity index (χ2n) is 6.75. The fourth-order valence-corrected chi connectivity index (χ4v) is 3.47. The van der Waals surface area contributed by atoms with E-state index in [0.717, 1.165) is 16.8 Å². The number of amides is 2. The summed E-state index contributed by atoms with van der Waals surface area (Å²) >= 11 is 0. The summed E-state index contributed by atoms with van der Waals surface area (Å²) in [6, 6.07) is 15.2. The van der Waals surface area contributed by atoms with Gasteiger partial charge in [0.2, 0.25) is 0 Å². The summed E-state index contributed by atoms with van der Waals surface area (Å²) in [7, 11) is 0. The lowest BCUT2D eigenvalue weighted by Crippen LogP contribution is -2.49. The largest absolute Gasteiger partial charge is 0.367 e. The lowest BCUT2D eigenvalue weighted by Gasteiger charge is -2.36. The van der Waals surface area contributed by atoms with Crippen molar-refractivity contribution < 1.29 is 14.8 Å². The molecule has 2 N–H and O–H groups in total. The number of piperazine rings is 1. The summed E-state index contributed by atoms with van der Waals surface area (Å²) in [6.07, 6.45) is 4.77. The van der Waals surface area contributed by atoms with Gasteiger partial charge in [-0.25, -0.2) is 10.00 Å². The summed E-state index contributed by atoms with van der Waals surface area (Å²) in [4.78, 5) is 28.1. The minimum atomic E-state index is -0.581. The van der Waals surface area contributed by atoms with Crippen molar-refractivity contribution in [3.05, 3.63) is 72.1 Å². The number of benzene rings is 1. The number of carbonyl (C=O) groups is 2. The SMILES string of the molecule is O=C(/C=C/c1ccccc1N1CCN(C(=O)c2cc3ccccn3n2)CC1)NO. The van der Waals surface area contributed by atoms with Crippen LogP contribution in [0.4, 0.5) is 5.69 Å². The number of hydrogen-bond donors (Lipinski definition) is 2. The van der Waals surface area contributed by atoms with Gasteiger partial charge in [-0.05, 0) is 35.9 Å². The van der Waals surface area contributed by atoms with Crippen LogP contribution < -0.4 is 10.4 Å². The third-order valence-electron chi connectivity index (χ3n) is 4.96. The minimum Gasteiger partial charge on any atom is -0.367 e. The topological polar surface area (TPSA) is 90.2 Å². The Morgan fingerprint density at radius 2 is 1.79 bits per heavy atom. The Morgan fingerprint density at radius 1 is 1.03 bits per heavy atom. The fourth-order valence-electron chi connectivity index (χ4n) is 3.47. The smallest absolute Gasteiger partial charge is 0.274 e. The van der Waals surface area contributed by atoms with E-state index < -0.39 is 5.91 Å². The molecule has 0 saturated carbocycles. The Hall–Kier alpha value is -3.65. The molecule has 0 spiro atoms. The molecule has 4 rings (SSSR count). The Balaban J connectivity index is 1.45. The monoisotopic (exact) mass is 391 g/mol. The number of aromatic nitrogens is 2. The van der Waals surface area contributed by atoms with E-state index in [1.54, 1.807) is 22.1 Å². The van der Waals surface area contributed by atoms with Crippen LogP contribution >= 0.6 is 0 Å². The first-order valence-electron chi connectivity index (χ1n) is 9.35. The quantitative estimate of drug-likeness (QED) is 0.402. The molecular weight excluding hydrogens is 370 g/mol. The zero-order valence-electron chi connectivity index (χ0n) is 15.7. The summed E-state index contributed by atoms with van der Waals surface area (Å²) < 4.78 is 1.70. The Morgan fingerprint density at radius 3 is 2.55 bits per heavy atom. The van der Waals surface area contributed by atoms with E-state index in [0.29, 0.717) is 31.9 Å². The van der Waals surface area contributed by atoms with Gasteiger partial charge in [0.1, 0.15) is 0 Å². The molecule has 1 fully saturated rings. The van der Waals surface area contributed by atoms with E-state index in [1.807, 2.05) is 53.6 Å². The molecule has 0 atom stereocenters.